The molecular formula is C16H14O. The van der Waals surface area contributed by atoms with Crippen LogP contribution < -0.4 is 0 Å². The molecule has 0 amide bonds. The van der Waals surface area contributed by atoms with Crippen molar-refractivity contribution < 1.29 is 4.79 Å². The second-order valence-electron chi connectivity index (χ2n) is 4.61. The molecule has 0 N–H and O–H groups in total. The van der Waals surface area contributed by atoms with Crippen molar-refractivity contribution >= 4 is 5.78 Å². The van der Waals surface area contributed by atoms with Gasteiger partial charge in [0.15, 0.2) is 5.78 Å². The first-order valence-corrected chi connectivity index (χ1v) is 6.00. The van der Waals surface area contributed by atoms with Crippen molar-refractivity contribution in [3.8, 4) is 0 Å². The van der Waals surface area contributed by atoms with Crippen LogP contribution in [0.5, 0.6) is 0 Å². The molecule has 1 atom stereocenters. The van der Waals surface area contributed by atoms with Crippen LogP contribution in [-0.4, -0.2) is 5.78 Å². The predicted octanol–water partition coefficient (Wildman–Crippen LogP) is 3.28. The highest BCUT2D eigenvalue weighted by atomic mass is 16.1. The van der Waals surface area contributed by atoms with E-state index in [1.54, 1.807) is 0 Å². The number of Topliss-reactive ketones (excluding diaryl/α,β-unsaturated/α-hetero) is 1. The van der Waals surface area contributed by atoms with Crippen molar-refractivity contribution in [2.75, 3.05) is 0 Å². The van der Waals surface area contributed by atoms with E-state index in [9.17, 15) is 4.79 Å². The summed E-state index contributed by atoms with van der Waals surface area (Å²) in [5, 5.41) is 0. The third-order valence-electron chi connectivity index (χ3n) is 3.44. The van der Waals surface area contributed by atoms with Crippen LogP contribution in [0.4, 0.5) is 0 Å². The van der Waals surface area contributed by atoms with Gasteiger partial charge in [0.25, 0.3) is 0 Å². The third-order valence-corrected chi connectivity index (χ3v) is 3.44. The fourth-order valence-electron chi connectivity index (χ4n) is 2.58. The van der Waals surface area contributed by atoms with Crippen LogP contribution in [0, 0.1) is 5.92 Å². The van der Waals surface area contributed by atoms with Gasteiger partial charge in [0.1, 0.15) is 0 Å². The topological polar surface area (TPSA) is 17.1 Å². The number of fused-ring (bicyclic) bond motifs is 1. The summed E-state index contributed by atoms with van der Waals surface area (Å²) in [6.45, 7) is 0. The Labute approximate surface area is 101 Å². The van der Waals surface area contributed by atoms with Crippen LogP contribution in [0.15, 0.2) is 54.6 Å². The average Bonchev–Trinajstić information content (AvgIpc) is 2.68. The number of carbonyl (C=O) groups is 1. The molecule has 1 nitrogen and oxygen atoms in total. The van der Waals surface area contributed by atoms with Gasteiger partial charge in [-0.3, -0.25) is 4.79 Å². The van der Waals surface area contributed by atoms with Crippen molar-refractivity contribution in [3.05, 3.63) is 71.3 Å². The molecule has 17 heavy (non-hydrogen) atoms. The second kappa shape index (κ2) is 4.17. The lowest BCUT2D eigenvalue weighted by atomic mass is 9.96. The minimum absolute atomic E-state index is 0.134. The Morgan fingerprint density at radius 1 is 0.941 bits per heavy atom. The number of rotatable bonds is 2. The maximum Gasteiger partial charge on any atom is 0.166 e. The van der Waals surface area contributed by atoms with Crippen molar-refractivity contribution in [3.63, 3.8) is 0 Å². The Hall–Kier alpha value is -1.89. The summed E-state index contributed by atoms with van der Waals surface area (Å²) in [6.07, 6.45) is 1.75. The fraction of sp³-hybridized carbons (Fsp3) is 0.188. The number of hydrogen-bond donors (Lipinski definition) is 0. The molecule has 0 saturated heterocycles. The zero-order valence-corrected chi connectivity index (χ0v) is 9.60. The van der Waals surface area contributed by atoms with Gasteiger partial charge in [-0.1, -0.05) is 54.6 Å². The van der Waals surface area contributed by atoms with Crippen LogP contribution in [0.25, 0.3) is 0 Å². The van der Waals surface area contributed by atoms with E-state index in [-0.39, 0.29) is 5.92 Å². The van der Waals surface area contributed by atoms with Gasteiger partial charge in [0, 0.05) is 11.5 Å². The van der Waals surface area contributed by atoms with Gasteiger partial charge < -0.3 is 0 Å². The summed E-state index contributed by atoms with van der Waals surface area (Å²) in [5.74, 6) is 0.444. The molecule has 0 unspecified atom stereocenters. The summed E-state index contributed by atoms with van der Waals surface area (Å²) in [7, 11) is 0. The SMILES string of the molecule is O=C1c2ccccc2C[C@@H]1Cc1ccccc1. The van der Waals surface area contributed by atoms with Crippen molar-refractivity contribution in [2.24, 2.45) is 5.92 Å². The first-order valence-electron chi connectivity index (χ1n) is 6.00. The fourth-order valence-corrected chi connectivity index (χ4v) is 2.58. The standard InChI is InChI=1S/C16H14O/c17-16-14(10-12-6-2-1-3-7-12)11-13-8-4-5-9-15(13)16/h1-9,14H,10-11H2/t14-/m0/s1. The Morgan fingerprint density at radius 2 is 1.65 bits per heavy atom. The highest BCUT2D eigenvalue weighted by Crippen LogP contribution is 2.28. The molecule has 2 aromatic carbocycles. The molecule has 0 bridgehead atoms. The molecule has 3 rings (SSSR count). The Balaban J connectivity index is 1.83. The van der Waals surface area contributed by atoms with Crippen molar-refractivity contribution in [1.82, 2.24) is 0 Å². The predicted molar refractivity (Wildman–Crippen MR) is 68.1 cm³/mol. The van der Waals surface area contributed by atoms with Crippen LogP contribution in [0.3, 0.4) is 0 Å². The number of carbonyl (C=O) groups excluding carboxylic acids is 1. The van der Waals surface area contributed by atoms with Crippen LogP contribution in [-0.2, 0) is 12.8 Å². The van der Waals surface area contributed by atoms with Gasteiger partial charge in [0.05, 0.1) is 0 Å². The molecule has 1 aliphatic carbocycles. The maximum atomic E-state index is 12.2. The highest BCUT2D eigenvalue weighted by Gasteiger charge is 2.29. The normalized spacial score (nSPS) is 18.1. The summed E-state index contributed by atoms with van der Waals surface area (Å²) in [4.78, 5) is 12.2. The highest BCUT2D eigenvalue weighted by molar-refractivity contribution is 6.02. The Kier molecular flexibility index (Phi) is 2.52. The third kappa shape index (κ3) is 1.89. The molecule has 0 heterocycles. The van der Waals surface area contributed by atoms with Crippen LogP contribution in [0.2, 0.25) is 0 Å². The molecular weight excluding hydrogens is 208 g/mol. The molecule has 1 heteroatoms. The van der Waals surface area contributed by atoms with Gasteiger partial charge in [0.2, 0.25) is 0 Å². The molecule has 0 radical (unpaired) electrons. The molecule has 84 valence electrons. The largest absolute Gasteiger partial charge is 0.294 e. The molecule has 0 saturated carbocycles. The van der Waals surface area contributed by atoms with E-state index in [0.717, 1.165) is 18.4 Å². The quantitative estimate of drug-likeness (QED) is 0.762. The van der Waals surface area contributed by atoms with Gasteiger partial charge in [-0.05, 0) is 24.0 Å². The second-order valence-corrected chi connectivity index (χ2v) is 4.61. The monoisotopic (exact) mass is 222 g/mol. The van der Waals surface area contributed by atoms with E-state index in [0.29, 0.717) is 5.78 Å². The zero-order valence-electron chi connectivity index (χ0n) is 9.60. The van der Waals surface area contributed by atoms with Crippen LogP contribution >= 0.6 is 0 Å². The van der Waals surface area contributed by atoms with E-state index < -0.39 is 0 Å². The van der Waals surface area contributed by atoms with Crippen LogP contribution in [0.1, 0.15) is 21.5 Å². The summed E-state index contributed by atoms with van der Waals surface area (Å²) < 4.78 is 0. The lowest BCUT2D eigenvalue weighted by molar-refractivity contribution is 0.0936. The van der Waals surface area contributed by atoms with Gasteiger partial charge in [-0.15, -0.1) is 0 Å². The lowest BCUT2D eigenvalue weighted by Crippen LogP contribution is -2.11. The maximum absolute atomic E-state index is 12.2. The van der Waals surface area contributed by atoms with Gasteiger partial charge in [-0.2, -0.15) is 0 Å². The van der Waals surface area contributed by atoms with Gasteiger partial charge >= 0.3 is 0 Å². The molecule has 0 spiro atoms. The van der Waals surface area contributed by atoms with E-state index in [2.05, 4.69) is 18.2 Å². The van der Waals surface area contributed by atoms with E-state index >= 15 is 0 Å². The molecule has 1 aliphatic rings. The summed E-state index contributed by atoms with van der Waals surface area (Å²) in [5.41, 5.74) is 3.38. The zero-order chi connectivity index (χ0) is 11.7. The minimum Gasteiger partial charge on any atom is -0.294 e. The van der Waals surface area contributed by atoms with E-state index in [4.69, 9.17) is 0 Å². The average molecular weight is 222 g/mol. The van der Waals surface area contributed by atoms with E-state index in [1.165, 1.54) is 11.1 Å². The smallest absolute Gasteiger partial charge is 0.166 e. The molecule has 0 aromatic heterocycles. The number of ketones is 1. The van der Waals surface area contributed by atoms with Crippen molar-refractivity contribution in [1.29, 1.82) is 0 Å². The Morgan fingerprint density at radius 3 is 2.41 bits per heavy atom. The van der Waals surface area contributed by atoms with Gasteiger partial charge in [-0.25, -0.2) is 0 Å². The first kappa shape index (κ1) is 10.3. The molecule has 0 aliphatic heterocycles. The number of hydrogen-bond acceptors (Lipinski definition) is 1. The molecule has 2 aromatic rings. The molecule has 0 fully saturated rings. The van der Waals surface area contributed by atoms with Crippen molar-refractivity contribution in [2.45, 2.75) is 12.8 Å². The minimum atomic E-state index is 0.134. The lowest BCUT2D eigenvalue weighted by Gasteiger charge is -2.07. The number of benzene rings is 2. The Bertz CT molecular complexity index is 542. The summed E-state index contributed by atoms with van der Waals surface area (Å²) in [6, 6.07) is 18.2. The van der Waals surface area contributed by atoms with E-state index in [1.807, 2.05) is 36.4 Å². The first-order chi connectivity index (χ1) is 8.34. The summed E-state index contributed by atoms with van der Waals surface area (Å²) >= 11 is 0.